The lowest BCUT2D eigenvalue weighted by Crippen LogP contribution is -2.40. The van der Waals surface area contributed by atoms with Gasteiger partial charge in [0.2, 0.25) is 0 Å². The Morgan fingerprint density at radius 2 is 1.00 bits per heavy atom. The van der Waals surface area contributed by atoms with Crippen molar-refractivity contribution in [2.24, 2.45) is 0 Å². The molecule has 2 rings (SSSR count). The van der Waals surface area contributed by atoms with E-state index < -0.39 is 0 Å². The fourth-order valence-electron chi connectivity index (χ4n) is 4.10. The summed E-state index contributed by atoms with van der Waals surface area (Å²) in [7, 11) is 4.16. The van der Waals surface area contributed by atoms with Crippen LogP contribution >= 0.6 is 22.0 Å². The summed E-state index contributed by atoms with van der Waals surface area (Å²) in [5, 5.41) is 0. The number of nitrogens with zero attached hydrogens (tertiary/aromatic N) is 2. The van der Waals surface area contributed by atoms with Crippen molar-refractivity contribution < 1.29 is 0 Å². The minimum Gasteiger partial charge on any atom is -0.234 e. The molecule has 2 saturated carbocycles. The molecule has 2 fully saturated rings. The summed E-state index contributed by atoms with van der Waals surface area (Å²) in [6.07, 6.45) is 16.8. The maximum absolute atomic E-state index is 2.77. The Morgan fingerprint density at radius 1 is 0.667 bits per heavy atom. The van der Waals surface area contributed by atoms with Gasteiger partial charge >= 0.3 is 0 Å². The van der Waals surface area contributed by atoms with E-state index in [0.717, 1.165) is 12.1 Å². The number of hydrogen-bond donors (Lipinski definition) is 0. The van der Waals surface area contributed by atoms with E-state index in [0.29, 0.717) is 12.1 Å². The van der Waals surface area contributed by atoms with E-state index in [9.17, 15) is 0 Å². The van der Waals surface area contributed by atoms with Gasteiger partial charge in [-0.2, -0.15) is 0 Å². The maximum atomic E-state index is 2.77. The molecule has 0 N–H and O–H groups in total. The lowest BCUT2D eigenvalue weighted by Gasteiger charge is -2.41. The highest BCUT2D eigenvalue weighted by Crippen LogP contribution is 2.42. The molecule has 0 aromatic rings. The molecule has 24 heavy (non-hydrogen) atoms. The number of hydrogen-bond acceptors (Lipinski definition) is 4. The van der Waals surface area contributed by atoms with Crippen molar-refractivity contribution in [1.29, 1.82) is 0 Å². The molecule has 2 aliphatic carbocycles. The average Bonchev–Trinajstić information content (AvgIpc) is 2.65. The summed E-state index contributed by atoms with van der Waals surface area (Å²) in [5.41, 5.74) is 0. The summed E-state index contributed by atoms with van der Waals surface area (Å²) < 4.78 is 5.53. The summed E-state index contributed by atoms with van der Waals surface area (Å²) in [6, 6.07) is 2.99. The van der Waals surface area contributed by atoms with E-state index in [1.807, 2.05) is 0 Å². The molecule has 2 aliphatic rings. The third kappa shape index (κ3) is 6.10. The summed E-state index contributed by atoms with van der Waals surface area (Å²) in [5.74, 6) is 0. The zero-order valence-corrected chi connectivity index (χ0v) is 18.1. The summed E-state index contributed by atoms with van der Waals surface area (Å²) in [4.78, 5) is 0. The van der Waals surface area contributed by atoms with Crippen molar-refractivity contribution in [2.75, 3.05) is 0 Å². The Kier molecular flexibility index (Phi) is 9.90. The highest BCUT2D eigenvalue weighted by molar-refractivity contribution is 8.74. The summed E-state index contributed by atoms with van der Waals surface area (Å²) >= 11 is 0. The molecule has 0 aromatic carbocycles. The van der Waals surface area contributed by atoms with Crippen molar-refractivity contribution in [3.63, 3.8) is 0 Å². The lowest BCUT2D eigenvalue weighted by atomic mass is 9.95. The SMILES string of the molecule is CCC(C)N(SSN(C(C)CC)C1CCCCC1)C1CCCCC1. The quantitative estimate of drug-likeness (QED) is 0.315. The normalized spacial score (nSPS) is 23.8. The van der Waals surface area contributed by atoms with Crippen LogP contribution in [0.4, 0.5) is 0 Å². The van der Waals surface area contributed by atoms with Crippen molar-refractivity contribution in [1.82, 2.24) is 8.61 Å². The third-order valence-corrected chi connectivity index (χ3v) is 9.08. The van der Waals surface area contributed by atoms with E-state index in [4.69, 9.17) is 0 Å². The van der Waals surface area contributed by atoms with Crippen LogP contribution < -0.4 is 0 Å². The second kappa shape index (κ2) is 11.4. The summed E-state index contributed by atoms with van der Waals surface area (Å²) in [6.45, 7) is 9.55. The molecule has 0 heterocycles. The van der Waals surface area contributed by atoms with Gasteiger partial charge < -0.3 is 0 Å². The van der Waals surface area contributed by atoms with Crippen LogP contribution in [0.2, 0.25) is 0 Å². The van der Waals surface area contributed by atoms with E-state index in [-0.39, 0.29) is 0 Å². The molecule has 0 aliphatic heterocycles. The first-order valence-electron chi connectivity index (χ1n) is 10.6. The molecule has 2 nitrogen and oxygen atoms in total. The molecule has 0 radical (unpaired) electrons. The minimum absolute atomic E-state index is 0.690. The van der Waals surface area contributed by atoms with Crippen LogP contribution in [0, 0.1) is 0 Å². The Morgan fingerprint density at radius 3 is 1.29 bits per heavy atom. The van der Waals surface area contributed by atoms with Gasteiger partial charge in [-0.1, -0.05) is 52.4 Å². The molecule has 2 unspecified atom stereocenters. The fourth-order valence-corrected chi connectivity index (χ4v) is 7.58. The molecule has 4 heteroatoms. The molecule has 0 aromatic heterocycles. The van der Waals surface area contributed by atoms with Gasteiger partial charge in [0.25, 0.3) is 0 Å². The first-order valence-corrected chi connectivity index (χ1v) is 12.6. The molecular weight excluding hydrogens is 332 g/mol. The van der Waals surface area contributed by atoms with Crippen LogP contribution in [0.25, 0.3) is 0 Å². The zero-order chi connectivity index (χ0) is 17.4. The number of rotatable bonds is 9. The van der Waals surface area contributed by atoms with Gasteiger partial charge in [-0.25, -0.2) is 8.61 Å². The van der Waals surface area contributed by atoms with Crippen LogP contribution in [0.3, 0.4) is 0 Å². The van der Waals surface area contributed by atoms with Crippen molar-refractivity contribution >= 4 is 22.0 Å². The van der Waals surface area contributed by atoms with Gasteiger partial charge in [-0.3, -0.25) is 0 Å². The predicted molar refractivity (Wildman–Crippen MR) is 112 cm³/mol. The van der Waals surface area contributed by atoms with Crippen LogP contribution in [0.5, 0.6) is 0 Å². The minimum atomic E-state index is 0.690. The van der Waals surface area contributed by atoms with E-state index in [1.54, 1.807) is 0 Å². The van der Waals surface area contributed by atoms with Crippen molar-refractivity contribution in [2.45, 2.75) is 129 Å². The van der Waals surface area contributed by atoms with Gasteiger partial charge in [-0.15, -0.1) is 0 Å². The van der Waals surface area contributed by atoms with E-state index >= 15 is 0 Å². The van der Waals surface area contributed by atoms with Gasteiger partial charge in [-0.05, 0) is 52.4 Å². The first-order chi connectivity index (χ1) is 11.7. The van der Waals surface area contributed by atoms with Gasteiger partial charge in [0, 0.05) is 46.1 Å². The van der Waals surface area contributed by atoms with Gasteiger partial charge in [0.15, 0.2) is 0 Å². The first kappa shape index (κ1) is 20.9. The topological polar surface area (TPSA) is 6.48 Å². The van der Waals surface area contributed by atoms with E-state index in [1.165, 1.54) is 77.0 Å². The van der Waals surface area contributed by atoms with Crippen molar-refractivity contribution in [3.05, 3.63) is 0 Å². The highest BCUT2D eigenvalue weighted by atomic mass is 33.1. The average molecular weight is 373 g/mol. The smallest absolute Gasteiger partial charge is 0.0213 e. The van der Waals surface area contributed by atoms with Gasteiger partial charge in [0.05, 0.1) is 0 Å². The molecule has 0 spiro atoms. The third-order valence-electron chi connectivity index (χ3n) is 6.13. The Labute approximate surface area is 159 Å². The van der Waals surface area contributed by atoms with Crippen LogP contribution in [-0.4, -0.2) is 32.8 Å². The maximum Gasteiger partial charge on any atom is 0.0213 e. The van der Waals surface area contributed by atoms with Gasteiger partial charge in [0.1, 0.15) is 0 Å². The lowest BCUT2D eigenvalue weighted by molar-refractivity contribution is 0.222. The Hall–Kier alpha value is 0.620. The zero-order valence-electron chi connectivity index (χ0n) is 16.5. The monoisotopic (exact) mass is 372 g/mol. The molecule has 2 atom stereocenters. The highest BCUT2D eigenvalue weighted by Gasteiger charge is 2.30. The molecule has 0 amide bonds. The largest absolute Gasteiger partial charge is 0.234 e. The fraction of sp³-hybridized carbons (Fsp3) is 1.00. The standard InChI is InChI=1S/C20H40N2S2/c1-5-17(3)21(19-13-9-7-10-14-19)23-24-22(18(4)6-2)20-15-11-8-12-16-20/h17-20H,5-16H2,1-4H3. The molecular formula is C20H40N2S2. The molecule has 0 saturated heterocycles. The molecule has 142 valence electrons. The Balaban J connectivity index is 1.97. The van der Waals surface area contributed by atoms with E-state index in [2.05, 4.69) is 58.3 Å². The van der Waals surface area contributed by atoms with Crippen LogP contribution in [-0.2, 0) is 0 Å². The second-order valence-corrected chi connectivity index (χ2v) is 10.0. The molecule has 0 bridgehead atoms. The van der Waals surface area contributed by atoms with Crippen molar-refractivity contribution in [3.8, 4) is 0 Å². The second-order valence-electron chi connectivity index (χ2n) is 7.97. The Bertz CT molecular complexity index is 296. The van der Waals surface area contributed by atoms with Crippen LogP contribution in [0.1, 0.15) is 105 Å². The predicted octanol–water partition coefficient (Wildman–Crippen LogP) is 7.06. The van der Waals surface area contributed by atoms with Crippen LogP contribution in [0.15, 0.2) is 0 Å².